The largest absolute Gasteiger partial charge is 0.317 e. The number of nitrogens with one attached hydrogen (secondary N) is 1. The first kappa shape index (κ1) is 10.8. The maximum absolute atomic E-state index is 12.3. The zero-order valence-electron chi connectivity index (χ0n) is 9.03. The van der Waals surface area contributed by atoms with Crippen molar-refractivity contribution in [2.24, 2.45) is 0 Å². The van der Waals surface area contributed by atoms with Gasteiger partial charge in [-0.15, -0.1) is 0 Å². The molecule has 1 aromatic rings. The third-order valence-corrected chi connectivity index (χ3v) is 4.87. The van der Waals surface area contributed by atoms with Crippen LogP contribution in [0, 0.1) is 6.92 Å². The predicted molar refractivity (Wildman–Crippen MR) is 63.5 cm³/mol. The van der Waals surface area contributed by atoms with Crippen molar-refractivity contribution in [3.63, 3.8) is 0 Å². The van der Waals surface area contributed by atoms with Gasteiger partial charge >= 0.3 is 0 Å². The Labute approximate surface area is 93.5 Å². The van der Waals surface area contributed by atoms with Gasteiger partial charge in [0, 0.05) is 10.1 Å². The molecule has 1 aliphatic heterocycles. The average Bonchev–Trinajstić information content (AvgIpc) is 2.30. The zero-order valence-corrected chi connectivity index (χ0v) is 9.85. The van der Waals surface area contributed by atoms with E-state index in [0.717, 1.165) is 36.4 Å². The number of piperidine rings is 1. The van der Waals surface area contributed by atoms with Crippen molar-refractivity contribution in [1.29, 1.82) is 0 Å². The Balaban J connectivity index is 2.16. The van der Waals surface area contributed by atoms with Crippen molar-refractivity contribution in [3.8, 4) is 0 Å². The first-order valence-electron chi connectivity index (χ1n) is 5.46. The molecule has 2 nitrogen and oxygen atoms in total. The van der Waals surface area contributed by atoms with E-state index in [1.54, 1.807) is 0 Å². The molecule has 1 unspecified atom stereocenters. The monoisotopic (exact) mass is 223 g/mol. The summed E-state index contributed by atoms with van der Waals surface area (Å²) < 4.78 is 12.3. The van der Waals surface area contributed by atoms with E-state index in [1.165, 1.54) is 0 Å². The van der Waals surface area contributed by atoms with Gasteiger partial charge in [0.1, 0.15) is 0 Å². The van der Waals surface area contributed by atoms with Crippen LogP contribution in [0.25, 0.3) is 0 Å². The van der Waals surface area contributed by atoms with Gasteiger partial charge in [0.05, 0.1) is 10.8 Å². The minimum Gasteiger partial charge on any atom is -0.317 e. The van der Waals surface area contributed by atoms with E-state index < -0.39 is 10.8 Å². The number of hydrogen-bond acceptors (Lipinski definition) is 2. The summed E-state index contributed by atoms with van der Waals surface area (Å²) in [6.45, 7) is 4.04. The lowest BCUT2D eigenvalue weighted by Crippen LogP contribution is -2.33. The highest BCUT2D eigenvalue weighted by atomic mass is 32.2. The summed E-state index contributed by atoms with van der Waals surface area (Å²) in [4.78, 5) is 1.02. The van der Waals surface area contributed by atoms with Gasteiger partial charge in [-0.2, -0.15) is 0 Å². The number of aryl methyl sites for hydroxylation is 1. The summed E-state index contributed by atoms with van der Waals surface area (Å²) in [6, 6.07) is 8.00. The number of hydrogen-bond donors (Lipinski definition) is 1. The molecule has 0 aromatic heterocycles. The van der Waals surface area contributed by atoms with Gasteiger partial charge in [0.25, 0.3) is 0 Å². The van der Waals surface area contributed by atoms with E-state index in [1.807, 2.05) is 31.2 Å². The van der Waals surface area contributed by atoms with Crippen LogP contribution >= 0.6 is 0 Å². The number of benzene rings is 1. The summed E-state index contributed by atoms with van der Waals surface area (Å²) in [5.41, 5.74) is 1.15. The van der Waals surface area contributed by atoms with Crippen molar-refractivity contribution >= 4 is 10.8 Å². The molecule has 15 heavy (non-hydrogen) atoms. The lowest BCUT2D eigenvalue weighted by atomic mass is 10.2. The molecule has 1 atom stereocenters. The van der Waals surface area contributed by atoms with Gasteiger partial charge in [-0.3, -0.25) is 4.21 Å². The minimum atomic E-state index is -0.821. The number of rotatable bonds is 2. The van der Waals surface area contributed by atoms with Gasteiger partial charge in [-0.1, -0.05) is 18.2 Å². The predicted octanol–water partition coefficient (Wildman–Crippen LogP) is 1.85. The van der Waals surface area contributed by atoms with E-state index in [2.05, 4.69) is 5.32 Å². The van der Waals surface area contributed by atoms with Crippen LogP contribution in [0.3, 0.4) is 0 Å². The normalized spacial score (nSPS) is 20.1. The summed E-state index contributed by atoms with van der Waals surface area (Å²) >= 11 is 0. The first-order valence-corrected chi connectivity index (χ1v) is 6.67. The van der Waals surface area contributed by atoms with Gasteiger partial charge < -0.3 is 5.32 Å². The molecule has 1 heterocycles. The van der Waals surface area contributed by atoms with Crippen molar-refractivity contribution < 1.29 is 4.21 Å². The molecule has 0 bridgehead atoms. The zero-order chi connectivity index (χ0) is 10.7. The Morgan fingerprint density at radius 3 is 2.60 bits per heavy atom. The Morgan fingerprint density at radius 2 is 1.93 bits per heavy atom. The maximum Gasteiger partial charge on any atom is 0.0564 e. The second-order valence-electron chi connectivity index (χ2n) is 4.01. The highest BCUT2D eigenvalue weighted by Crippen LogP contribution is 2.20. The molecule has 1 aromatic carbocycles. The van der Waals surface area contributed by atoms with Crippen LogP contribution in [-0.4, -0.2) is 22.5 Å². The molecule has 0 aliphatic carbocycles. The van der Waals surface area contributed by atoms with Gasteiger partial charge in [-0.25, -0.2) is 0 Å². The molecule has 0 saturated carbocycles. The summed E-state index contributed by atoms with van der Waals surface area (Å²) in [7, 11) is -0.821. The molecule has 1 fully saturated rings. The van der Waals surface area contributed by atoms with Crippen molar-refractivity contribution in [2.75, 3.05) is 13.1 Å². The molecule has 0 amide bonds. The SMILES string of the molecule is Cc1ccccc1S(=O)C1CCNCC1. The van der Waals surface area contributed by atoms with Crippen LogP contribution in [0.2, 0.25) is 0 Å². The standard InChI is InChI=1S/C12H17NOS/c1-10-4-2-3-5-12(10)15(14)11-6-8-13-9-7-11/h2-5,11,13H,6-9H2,1H3. The van der Waals surface area contributed by atoms with Crippen LogP contribution in [0.5, 0.6) is 0 Å². The Kier molecular flexibility index (Phi) is 3.54. The third-order valence-electron chi connectivity index (χ3n) is 2.90. The minimum absolute atomic E-state index is 0.340. The first-order chi connectivity index (χ1) is 7.29. The molecule has 2 rings (SSSR count). The molecule has 0 spiro atoms. The highest BCUT2D eigenvalue weighted by Gasteiger charge is 2.21. The Morgan fingerprint density at radius 1 is 1.27 bits per heavy atom. The van der Waals surface area contributed by atoms with Crippen molar-refractivity contribution in [3.05, 3.63) is 29.8 Å². The molecule has 1 aliphatic rings. The van der Waals surface area contributed by atoms with E-state index in [0.29, 0.717) is 5.25 Å². The fourth-order valence-electron chi connectivity index (χ4n) is 1.97. The van der Waals surface area contributed by atoms with Gasteiger partial charge in [0.15, 0.2) is 0 Å². The molecule has 1 saturated heterocycles. The molecular formula is C12H17NOS. The van der Waals surface area contributed by atoms with Gasteiger partial charge in [0.2, 0.25) is 0 Å². The second kappa shape index (κ2) is 4.90. The van der Waals surface area contributed by atoms with E-state index >= 15 is 0 Å². The quantitative estimate of drug-likeness (QED) is 0.829. The Bertz CT molecular complexity index is 358. The van der Waals surface area contributed by atoms with Crippen LogP contribution in [-0.2, 0) is 10.8 Å². The fourth-order valence-corrected chi connectivity index (χ4v) is 3.59. The van der Waals surface area contributed by atoms with E-state index in [-0.39, 0.29) is 0 Å². The van der Waals surface area contributed by atoms with Crippen molar-refractivity contribution in [2.45, 2.75) is 29.9 Å². The third kappa shape index (κ3) is 2.47. The van der Waals surface area contributed by atoms with E-state index in [4.69, 9.17) is 0 Å². The molecule has 82 valence electrons. The fraction of sp³-hybridized carbons (Fsp3) is 0.500. The lowest BCUT2D eigenvalue weighted by molar-refractivity contribution is 0.519. The summed E-state index contributed by atoms with van der Waals surface area (Å²) in [5.74, 6) is 0. The van der Waals surface area contributed by atoms with Crippen molar-refractivity contribution in [1.82, 2.24) is 5.32 Å². The summed E-state index contributed by atoms with van der Waals surface area (Å²) in [5, 5.41) is 3.64. The molecular weight excluding hydrogens is 206 g/mol. The lowest BCUT2D eigenvalue weighted by Gasteiger charge is -2.22. The highest BCUT2D eigenvalue weighted by molar-refractivity contribution is 7.85. The van der Waals surface area contributed by atoms with Gasteiger partial charge in [-0.05, 0) is 44.5 Å². The average molecular weight is 223 g/mol. The maximum atomic E-state index is 12.3. The summed E-state index contributed by atoms with van der Waals surface area (Å²) in [6.07, 6.45) is 2.06. The Hall–Kier alpha value is -0.670. The van der Waals surface area contributed by atoms with Crippen LogP contribution < -0.4 is 5.32 Å². The van der Waals surface area contributed by atoms with Crippen LogP contribution in [0.4, 0.5) is 0 Å². The van der Waals surface area contributed by atoms with Crippen LogP contribution in [0.1, 0.15) is 18.4 Å². The molecule has 3 heteroatoms. The molecule has 1 N–H and O–H groups in total. The topological polar surface area (TPSA) is 29.1 Å². The van der Waals surface area contributed by atoms with Crippen LogP contribution in [0.15, 0.2) is 29.2 Å². The van der Waals surface area contributed by atoms with E-state index in [9.17, 15) is 4.21 Å². The smallest absolute Gasteiger partial charge is 0.0564 e. The molecule has 0 radical (unpaired) electrons. The second-order valence-corrected chi connectivity index (χ2v) is 5.71.